The lowest BCUT2D eigenvalue weighted by Gasteiger charge is -2.11. The van der Waals surface area contributed by atoms with Gasteiger partial charge in [-0.1, -0.05) is 6.92 Å². The second kappa shape index (κ2) is 5.85. The minimum absolute atomic E-state index is 0.315. The topological polar surface area (TPSA) is 64.3 Å². The number of aromatic carboxylic acids is 1. The van der Waals surface area contributed by atoms with Gasteiger partial charge in [0, 0.05) is 26.2 Å². The summed E-state index contributed by atoms with van der Waals surface area (Å²) in [6, 6.07) is 5.15. The van der Waals surface area contributed by atoms with E-state index in [2.05, 4.69) is 16.5 Å². The van der Waals surface area contributed by atoms with E-state index in [1.807, 2.05) is 0 Å². The molecule has 2 heterocycles. The van der Waals surface area contributed by atoms with Crippen LogP contribution in [0.25, 0.3) is 11.0 Å². The molecule has 1 fully saturated rings. The van der Waals surface area contributed by atoms with Gasteiger partial charge in [0.2, 0.25) is 0 Å². The number of nitrogens with zero attached hydrogens (tertiary/aromatic N) is 2. The third kappa shape index (κ3) is 2.78. The van der Waals surface area contributed by atoms with Crippen LogP contribution in [0.4, 0.5) is 0 Å². The van der Waals surface area contributed by atoms with Crippen molar-refractivity contribution in [3.63, 3.8) is 0 Å². The van der Waals surface area contributed by atoms with E-state index in [9.17, 15) is 4.79 Å². The number of aryl methyl sites for hydroxylation is 2. The molecular weight excluding hydrogens is 268 g/mol. The highest BCUT2D eigenvalue weighted by Gasteiger charge is 2.17. The summed E-state index contributed by atoms with van der Waals surface area (Å²) < 4.78 is 7.59. The number of ether oxygens (including phenoxy) is 1. The van der Waals surface area contributed by atoms with Crippen LogP contribution in [0.1, 0.15) is 35.9 Å². The molecule has 1 N–H and O–H groups in total. The fraction of sp³-hybridized carbons (Fsp3) is 0.500. The molecule has 0 bridgehead atoms. The monoisotopic (exact) mass is 288 g/mol. The van der Waals surface area contributed by atoms with Crippen molar-refractivity contribution in [2.75, 3.05) is 13.2 Å². The van der Waals surface area contributed by atoms with Crippen LogP contribution in [0.15, 0.2) is 18.2 Å². The molecule has 1 unspecified atom stereocenters. The Morgan fingerprint density at radius 1 is 1.52 bits per heavy atom. The van der Waals surface area contributed by atoms with Crippen LogP contribution in [0.5, 0.6) is 0 Å². The summed E-state index contributed by atoms with van der Waals surface area (Å²) in [5, 5.41) is 9.16. The molecule has 1 aromatic carbocycles. The number of fused-ring (bicyclic) bond motifs is 1. The molecular formula is C16H20N2O3. The van der Waals surface area contributed by atoms with Crippen LogP contribution >= 0.6 is 0 Å². The van der Waals surface area contributed by atoms with Gasteiger partial charge in [-0.25, -0.2) is 9.78 Å². The molecule has 0 saturated carbocycles. The summed E-state index contributed by atoms with van der Waals surface area (Å²) in [5.74, 6) is 0.730. The summed E-state index contributed by atoms with van der Waals surface area (Å²) in [6.45, 7) is 4.65. The standard InChI is InChI=1S/C16H20N2O3/c1-2-15-17-13-4-3-12(16(19)20)9-14(13)18(15)7-5-11-6-8-21-10-11/h3-4,9,11H,2,5-8,10H2,1H3,(H,19,20). The van der Waals surface area contributed by atoms with Crippen molar-refractivity contribution < 1.29 is 14.6 Å². The highest BCUT2D eigenvalue weighted by Crippen LogP contribution is 2.22. The zero-order chi connectivity index (χ0) is 14.8. The molecule has 5 heteroatoms. The highest BCUT2D eigenvalue weighted by molar-refractivity contribution is 5.92. The molecule has 1 aromatic heterocycles. The maximum atomic E-state index is 11.2. The van der Waals surface area contributed by atoms with Gasteiger partial charge in [0.25, 0.3) is 0 Å². The van der Waals surface area contributed by atoms with Crippen molar-refractivity contribution in [3.8, 4) is 0 Å². The van der Waals surface area contributed by atoms with Gasteiger partial charge in [-0.05, 0) is 37.0 Å². The summed E-state index contributed by atoms with van der Waals surface area (Å²) >= 11 is 0. The predicted octanol–water partition coefficient (Wildman–Crippen LogP) is 2.72. The molecule has 0 spiro atoms. The van der Waals surface area contributed by atoms with Crippen LogP contribution < -0.4 is 0 Å². The third-order valence-corrected chi connectivity index (χ3v) is 4.18. The Kier molecular flexibility index (Phi) is 3.92. The van der Waals surface area contributed by atoms with Gasteiger partial charge >= 0.3 is 5.97 Å². The van der Waals surface area contributed by atoms with Gasteiger partial charge < -0.3 is 14.4 Å². The molecule has 1 atom stereocenters. The number of imidazole rings is 1. The first-order valence-corrected chi connectivity index (χ1v) is 7.49. The number of carboxylic acids is 1. The van der Waals surface area contributed by atoms with Gasteiger partial charge in [-0.15, -0.1) is 0 Å². The lowest BCUT2D eigenvalue weighted by atomic mass is 10.1. The summed E-state index contributed by atoms with van der Waals surface area (Å²) in [6.07, 6.45) is 3.02. The number of rotatable bonds is 5. The van der Waals surface area contributed by atoms with Crippen molar-refractivity contribution in [2.24, 2.45) is 5.92 Å². The highest BCUT2D eigenvalue weighted by atomic mass is 16.5. The number of aromatic nitrogens is 2. The maximum Gasteiger partial charge on any atom is 0.335 e. The zero-order valence-corrected chi connectivity index (χ0v) is 12.2. The lowest BCUT2D eigenvalue weighted by molar-refractivity contribution is 0.0697. The van der Waals surface area contributed by atoms with Crippen LogP contribution in [0, 0.1) is 5.92 Å². The van der Waals surface area contributed by atoms with E-state index < -0.39 is 5.97 Å². The number of hydrogen-bond donors (Lipinski definition) is 1. The first-order valence-electron chi connectivity index (χ1n) is 7.49. The number of hydrogen-bond acceptors (Lipinski definition) is 3. The molecule has 21 heavy (non-hydrogen) atoms. The second-order valence-electron chi connectivity index (χ2n) is 5.56. The van der Waals surface area contributed by atoms with Gasteiger partial charge in [0.1, 0.15) is 5.82 Å². The molecule has 0 radical (unpaired) electrons. The minimum atomic E-state index is -0.896. The van der Waals surface area contributed by atoms with Crippen molar-refractivity contribution >= 4 is 17.0 Å². The largest absolute Gasteiger partial charge is 0.478 e. The first-order chi connectivity index (χ1) is 10.2. The SMILES string of the molecule is CCc1nc2ccc(C(=O)O)cc2n1CCC1CCOC1. The van der Waals surface area contributed by atoms with Gasteiger partial charge in [0.05, 0.1) is 16.6 Å². The van der Waals surface area contributed by atoms with E-state index in [1.165, 1.54) is 0 Å². The van der Waals surface area contributed by atoms with Crippen LogP contribution in [0.2, 0.25) is 0 Å². The van der Waals surface area contributed by atoms with E-state index in [0.29, 0.717) is 11.5 Å². The maximum absolute atomic E-state index is 11.2. The molecule has 2 aromatic rings. The average molecular weight is 288 g/mol. The number of benzene rings is 1. The van der Waals surface area contributed by atoms with Crippen LogP contribution in [0.3, 0.4) is 0 Å². The van der Waals surface area contributed by atoms with E-state index in [1.54, 1.807) is 18.2 Å². The van der Waals surface area contributed by atoms with E-state index >= 15 is 0 Å². The van der Waals surface area contributed by atoms with E-state index in [4.69, 9.17) is 9.84 Å². The molecule has 3 rings (SSSR count). The molecule has 112 valence electrons. The second-order valence-corrected chi connectivity index (χ2v) is 5.56. The molecule has 1 aliphatic rings. The Bertz CT molecular complexity index is 657. The van der Waals surface area contributed by atoms with Crippen molar-refractivity contribution in [2.45, 2.75) is 32.7 Å². The Labute approximate surface area is 123 Å². The summed E-state index contributed by atoms with van der Waals surface area (Å²) in [4.78, 5) is 15.8. The molecule has 1 saturated heterocycles. The normalized spacial score (nSPS) is 18.4. The zero-order valence-electron chi connectivity index (χ0n) is 12.2. The van der Waals surface area contributed by atoms with Crippen LogP contribution in [-0.2, 0) is 17.7 Å². The van der Waals surface area contributed by atoms with Crippen molar-refractivity contribution in [3.05, 3.63) is 29.6 Å². The third-order valence-electron chi connectivity index (χ3n) is 4.18. The van der Waals surface area contributed by atoms with E-state index in [-0.39, 0.29) is 0 Å². The molecule has 0 aliphatic carbocycles. The Morgan fingerprint density at radius 2 is 2.38 bits per heavy atom. The number of carbonyl (C=O) groups is 1. The Balaban J connectivity index is 1.92. The average Bonchev–Trinajstić information content (AvgIpc) is 3.11. The Morgan fingerprint density at radius 3 is 3.05 bits per heavy atom. The quantitative estimate of drug-likeness (QED) is 0.918. The van der Waals surface area contributed by atoms with Crippen LogP contribution in [-0.4, -0.2) is 33.8 Å². The molecule has 0 amide bonds. The van der Waals surface area contributed by atoms with Gasteiger partial charge in [-0.3, -0.25) is 0 Å². The summed E-state index contributed by atoms with van der Waals surface area (Å²) in [7, 11) is 0. The van der Waals surface area contributed by atoms with Gasteiger partial charge in [0.15, 0.2) is 0 Å². The molecule has 1 aliphatic heterocycles. The van der Waals surface area contributed by atoms with E-state index in [0.717, 1.165) is 55.9 Å². The molecule has 5 nitrogen and oxygen atoms in total. The van der Waals surface area contributed by atoms with Crippen molar-refractivity contribution in [1.29, 1.82) is 0 Å². The van der Waals surface area contributed by atoms with Crippen molar-refractivity contribution in [1.82, 2.24) is 9.55 Å². The first kappa shape index (κ1) is 14.1. The lowest BCUT2D eigenvalue weighted by Crippen LogP contribution is -2.09. The Hall–Kier alpha value is -1.88. The predicted molar refractivity (Wildman–Crippen MR) is 79.6 cm³/mol. The summed E-state index contributed by atoms with van der Waals surface area (Å²) in [5.41, 5.74) is 2.11. The fourth-order valence-corrected chi connectivity index (χ4v) is 2.95. The fourth-order valence-electron chi connectivity index (χ4n) is 2.95. The number of carboxylic acid groups (broad SMARTS) is 1. The van der Waals surface area contributed by atoms with Gasteiger partial charge in [-0.2, -0.15) is 0 Å². The minimum Gasteiger partial charge on any atom is -0.478 e. The smallest absolute Gasteiger partial charge is 0.335 e.